The van der Waals surface area contributed by atoms with E-state index in [-0.39, 0.29) is 6.01 Å². The number of hydrogen-bond acceptors (Lipinski definition) is 5. The lowest BCUT2D eigenvalue weighted by Crippen LogP contribution is -1.95. The van der Waals surface area contributed by atoms with Crippen LogP contribution < -0.4 is 9.47 Å². The molecule has 2 aromatic heterocycles. The molecule has 0 saturated heterocycles. The Bertz CT molecular complexity index is 618. The van der Waals surface area contributed by atoms with Crippen molar-refractivity contribution in [1.82, 2.24) is 15.0 Å². The second-order valence-electron chi connectivity index (χ2n) is 3.86. The highest BCUT2D eigenvalue weighted by molar-refractivity contribution is 5.27. The van der Waals surface area contributed by atoms with Gasteiger partial charge in [-0.15, -0.1) is 0 Å². The van der Waals surface area contributed by atoms with Crippen LogP contribution in [-0.2, 0) is 0 Å². The van der Waals surface area contributed by atoms with Crippen molar-refractivity contribution in [3.63, 3.8) is 0 Å². The summed E-state index contributed by atoms with van der Waals surface area (Å²) in [5, 5.41) is 0. The van der Waals surface area contributed by atoms with E-state index in [0.717, 1.165) is 0 Å². The first kappa shape index (κ1) is 12.1. The smallest absolute Gasteiger partial charge is 0.326 e. The van der Waals surface area contributed by atoms with E-state index in [2.05, 4.69) is 15.0 Å². The summed E-state index contributed by atoms with van der Waals surface area (Å²) in [6.45, 7) is 0. The lowest BCUT2D eigenvalue weighted by molar-refractivity contribution is 0.401. The molecule has 5 nitrogen and oxygen atoms in total. The van der Waals surface area contributed by atoms with E-state index >= 15 is 0 Å². The number of nitrogens with zero attached hydrogens (tertiary/aromatic N) is 3. The number of benzene rings is 1. The Hall–Kier alpha value is -2.95. The highest BCUT2D eigenvalue weighted by Gasteiger charge is 2.04. The van der Waals surface area contributed by atoms with Gasteiger partial charge >= 0.3 is 6.01 Å². The SMILES string of the molecule is c1ccc(Oc2ccnc(Oc3ccccn3)n2)cc1. The number of hydrogen-bond donors (Lipinski definition) is 0. The molecular formula is C15H11N3O2. The molecule has 1 aromatic carbocycles. The highest BCUT2D eigenvalue weighted by Crippen LogP contribution is 2.21. The van der Waals surface area contributed by atoms with Gasteiger partial charge in [0.25, 0.3) is 0 Å². The van der Waals surface area contributed by atoms with Gasteiger partial charge in [0, 0.05) is 24.5 Å². The van der Waals surface area contributed by atoms with Crippen molar-refractivity contribution in [2.24, 2.45) is 0 Å². The molecule has 0 aliphatic heterocycles. The van der Waals surface area contributed by atoms with Crippen molar-refractivity contribution >= 4 is 0 Å². The minimum Gasteiger partial charge on any atom is -0.439 e. The van der Waals surface area contributed by atoms with Crippen molar-refractivity contribution in [1.29, 1.82) is 0 Å². The molecule has 0 saturated carbocycles. The monoisotopic (exact) mass is 265 g/mol. The van der Waals surface area contributed by atoms with Gasteiger partial charge in [-0.3, -0.25) is 0 Å². The molecule has 5 heteroatoms. The highest BCUT2D eigenvalue weighted by atomic mass is 16.5. The predicted octanol–water partition coefficient (Wildman–Crippen LogP) is 3.46. The van der Waals surface area contributed by atoms with Crippen molar-refractivity contribution in [3.8, 4) is 23.5 Å². The van der Waals surface area contributed by atoms with E-state index in [1.54, 1.807) is 24.5 Å². The van der Waals surface area contributed by atoms with Crippen LogP contribution in [0.25, 0.3) is 0 Å². The number of para-hydroxylation sites is 1. The summed E-state index contributed by atoms with van der Waals surface area (Å²) in [5.74, 6) is 1.55. The molecular weight excluding hydrogens is 254 g/mol. The molecule has 3 aromatic rings. The molecule has 20 heavy (non-hydrogen) atoms. The van der Waals surface area contributed by atoms with Crippen LogP contribution in [0.3, 0.4) is 0 Å². The Kier molecular flexibility index (Phi) is 3.51. The minimum absolute atomic E-state index is 0.192. The van der Waals surface area contributed by atoms with Crippen molar-refractivity contribution in [3.05, 3.63) is 67.0 Å². The Balaban J connectivity index is 1.76. The summed E-state index contributed by atoms with van der Waals surface area (Å²) in [6, 6.07) is 16.6. The van der Waals surface area contributed by atoms with E-state index < -0.39 is 0 Å². The third-order valence-corrected chi connectivity index (χ3v) is 2.41. The number of rotatable bonds is 4. The average molecular weight is 265 g/mol. The van der Waals surface area contributed by atoms with Gasteiger partial charge in [-0.1, -0.05) is 24.3 Å². The molecule has 0 unspecified atom stereocenters. The maximum Gasteiger partial charge on any atom is 0.326 e. The maximum absolute atomic E-state index is 5.61. The van der Waals surface area contributed by atoms with Crippen molar-refractivity contribution < 1.29 is 9.47 Å². The van der Waals surface area contributed by atoms with Gasteiger partial charge in [0.05, 0.1) is 0 Å². The summed E-state index contributed by atoms with van der Waals surface area (Å²) >= 11 is 0. The zero-order valence-electron chi connectivity index (χ0n) is 10.5. The second-order valence-corrected chi connectivity index (χ2v) is 3.86. The fourth-order valence-corrected chi connectivity index (χ4v) is 1.54. The van der Waals surface area contributed by atoms with Crippen molar-refractivity contribution in [2.75, 3.05) is 0 Å². The quantitative estimate of drug-likeness (QED) is 0.723. The zero-order chi connectivity index (χ0) is 13.6. The third kappa shape index (κ3) is 3.08. The van der Waals surface area contributed by atoms with E-state index in [1.807, 2.05) is 42.5 Å². The molecule has 0 aliphatic rings. The van der Waals surface area contributed by atoms with Gasteiger partial charge in [-0.2, -0.15) is 4.98 Å². The Morgan fingerprint density at radius 1 is 0.650 bits per heavy atom. The van der Waals surface area contributed by atoms with E-state index in [4.69, 9.17) is 9.47 Å². The lowest BCUT2D eigenvalue weighted by atomic mass is 10.3. The summed E-state index contributed by atoms with van der Waals surface area (Å²) in [4.78, 5) is 12.2. The molecule has 0 aliphatic carbocycles. The summed E-state index contributed by atoms with van der Waals surface area (Å²) < 4.78 is 11.0. The molecule has 0 fully saturated rings. The summed E-state index contributed by atoms with van der Waals surface area (Å²) in [5.41, 5.74) is 0. The predicted molar refractivity (Wildman–Crippen MR) is 72.9 cm³/mol. The molecule has 0 atom stereocenters. The zero-order valence-corrected chi connectivity index (χ0v) is 10.5. The first-order valence-electron chi connectivity index (χ1n) is 6.05. The molecule has 0 spiro atoms. The van der Waals surface area contributed by atoms with E-state index in [0.29, 0.717) is 17.5 Å². The third-order valence-electron chi connectivity index (χ3n) is 2.41. The molecule has 0 bridgehead atoms. The summed E-state index contributed by atoms with van der Waals surface area (Å²) in [7, 11) is 0. The van der Waals surface area contributed by atoms with Crippen LogP contribution in [0, 0.1) is 0 Å². The van der Waals surface area contributed by atoms with Gasteiger partial charge in [-0.25, -0.2) is 9.97 Å². The Morgan fingerprint density at radius 3 is 2.30 bits per heavy atom. The first-order chi connectivity index (χ1) is 9.90. The van der Waals surface area contributed by atoms with E-state index in [9.17, 15) is 0 Å². The molecule has 0 radical (unpaired) electrons. The van der Waals surface area contributed by atoms with Crippen LogP contribution in [0.2, 0.25) is 0 Å². The standard InChI is InChI=1S/C15H11N3O2/c1-2-6-12(7-3-1)19-14-9-11-17-15(18-14)20-13-8-4-5-10-16-13/h1-11H. The number of aromatic nitrogens is 3. The number of pyridine rings is 1. The fraction of sp³-hybridized carbons (Fsp3) is 0. The van der Waals surface area contributed by atoms with Crippen LogP contribution in [0.4, 0.5) is 0 Å². The Morgan fingerprint density at radius 2 is 1.50 bits per heavy atom. The van der Waals surface area contributed by atoms with Crippen LogP contribution in [0.1, 0.15) is 0 Å². The molecule has 98 valence electrons. The van der Waals surface area contributed by atoms with Gasteiger partial charge in [0.2, 0.25) is 11.8 Å². The van der Waals surface area contributed by atoms with Gasteiger partial charge in [-0.05, 0) is 18.2 Å². The number of ether oxygens (including phenoxy) is 2. The fourth-order valence-electron chi connectivity index (χ4n) is 1.54. The molecule has 0 N–H and O–H groups in total. The first-order valence-corrected chi connectivity index (χ1v) is 6.05. The summed E-state index contributed by atoms with van der Waals surface area (Å²) in [6.07, 6.45) is 3.21. The van der Waals surface area contributed by atoms with Crippen molar-refractivity contribution in [2.45, 2.75) is 0 Å². The molecule has 0 amide bonds. The van der Waals surface area contributed by atoms with Gasteiger partial charge in [0.1, 0.15) is 5.75 Å². The lowest BCUT2D eigenvalue weighted by Gasteiger charge is -2.06. The molecule has 2 heterocycles. The average Bonchev–Trinajstić information content (AvgIpc) is 2.50. The topological polar surface area (TPSA) is 57.1 Å². The normalized spacial score (nSPS) is 10.0. The second kappa shape index (κ2) is 5.79. The van der Waals surface area contributed by atoms with E-state index in [1.165, 1.54) is 0 Å². The molecule has 3 rings (SSSR count). The Labute approximate surface area is 115 Å². The van der Waals surface area contributed by atoms with Gasteiger partial charge < -0.3 is 9.47 Å². The van der Waals surface area contributed by atoms with Crippen LogP contribution >= 0.6 is 0 Å². The van der Waals surface area contributed by atoms with Crippen LogP contribution in [-0.4, -0.2) is 15.0 Å². The largest absolute Gasteiger partial charge is 0.439 e. The maximum atomic E-state index is 5.61. The minimum atomic E-state index is 0.192. The van der Waals surface area contributed by atoms with Gasteiger partial charge in [0.15, 0.2) is 0 Å². The van der Waals surface area contributed by atoms with Crippen LogP contribution in [0.5, 0.6) is 23.5 Å². The van der Waals surface area contributed by atoms with Crippen LogP contribution in [0.15, 0.2) is 67.0 Å².